The number of carbonyl (C=O) groups excluding carboxylic acids is 2. The maximum atomic E-state index is 14.4. The highest BCUT2D eigenvalue weighted by molar-refractivity contribution is 7.27. The minimum atomic E-state index is -1.51. The summed E-state index contributed by atoms with van der Waals surface area (Å²) in [4.78, 5) is 25.9. The third kappa shape index (κ3) is 2.84. The van der Waals surface area contributed by atoms with Gasteiger partial charge in [-0.15, -0.1) is 11.3 Å². The van der Waals surface area contributed by atoms with Crippen LogP contribution in [0.4, 0.5) is 13.2 Å². The number of ketones is 2. The van der Waals surface area contributed by atoms with Crippen LogP contribution in [0.1, 0.15) is 25.6 Å². The number of aromatic nitrogens is 1. The number of benzene rings is 2. The number of allylic oxidation sites excluding steroid dienone is 1. The van der Waals surface area contributed by atoms with Crippen molar-refractivity contribution in [2.45, 2.75) is 0 Å². The van der Waals surface area contributed by atoms with Gasteiger partial charge in [-0.3, -0.25) is 9.59 Å². The van der Waals surface area contributed by atoms with Crippen molar-refractivity contribution in [2.24, 2.45) is 7.05 Å². The molecule has 0 radical (unpaired) electrons. The fourth-order valence-electron chi connectivity index (χ4n) is 3.84. The molecule has 2 aromatic carbocycles. The first kappa shape index (κ1) is 19.9. The highest BCUT2D eigenvalue weighted by atomic mass is 32.1. The molecule has 1 unspecified atom stereocenters. The van der Waals surface area contributed by atoms with Crippen LogP contribution in [0.3, 0.4) is 0 Å². The molecule has 0 N–H and O–H groups in total. The van der Waals surface area contributed by atoms with Gasteiger partial charge in [0.1, 0.15) is 5.82 Å². The van der Waals surface area contributed by atoms with Crippen molar-refractivity contribution in [3.63, 3.8) is 0 Å². The number of carbonyl (C=O) groups is 2. The first-order valence-electron chi connectivity index (χ1n) is 9.21. The minimum Gasteiger partial charge on any atom is -0.343 e. The fraction of sp³-hybridized carbons (Fsp3) is 0.0435. The largest absolute Gasteiger partial charge is 0.343 e. The topological polar surface area (TPSA) is 39.1 Å². The summed E-state index contributed by atoms with van der Waals surface area (Å²) < 4.78 is 45.6. The van der Waals surface area contributed by atoms with Gasteiger partial charge in [0.2, 0.25) is 11.6 Å². The fourth-order valence-corrected chi connectivity index (χ4v) is 5.18. The Morgan fingerprint density at radius 3 is 2.23 bits per heavy atom. The lowest BCUT2D eigenvalue weighted by atomic mass is 10.1. The lowest BCUT2D eigenvalue weighted by Crippen LogP contribution is -2.15. The molecular formula is C23H13F3NO2PS. The van der Waals surface area contributed by atoms with Crippen LogP contribution in [0.5, 0.6) is 0 Å². The van der Waals surface area contributed by atoms with E-state index in [1.807, 2.05) is 48.0 Å². The molecule has 154 valence electrons. The van der Waals surface area contributed by atoms with Gasteiger partial charge in [0, 0.05) is 22.9 Å². The highest BCUT2D eigenvalue weighted by Crippen LogP contribution is 2.37. The summed E-state index contributed by atoms with van der Waals surface area (Å²) in [7, 11) is 3.63. The van der Waals surface area contributed by atoms with Crippen LogP contribution in [0.25, 0.3) is 27.6 Å². The molecule has 0 fully saturated rings. The molecule has 5 rings (SSSR count). The van der Waals surface area contributed by atoms with Crippen LogP contribution in [-0.4, -0.2) is 16.1 Å². The van der Waals surface area contributed by atoms with Crippen molar-refractivity contribution in [2.75, 3.05) is 0 Å². The normalized spacial score (nSPS) is 14.8. The summed E-state index contributed by atoms with van der Waals surface area (Å²) in [6, 6.07) is 13.6. The molecule has 0 bridgehead atoms. The van der Waals surface area contributed by atoms with Gasteiger partial charge in [0.15, 0.2) is 11.6 Å². The molecule has 8 heteroatoms. The first-order chi connectivity index (χ1) is 14.8. The number of aryl methyl sites for hydroxylation is 1. The van der Waals surface area contributed by atoms with E-state index in [0.29, 0.717) is 4.88 Å². The maximum absolute atomic E-state index is 14.4. The molecular weight excluding hydrogens is 442 g/mol. The molecule has 2 aromatic heterocycles. The molecule has 1 atom stereocenters. The number of nitrogens with zero attached hydrogens (tertiary/aromatic N) is 1. The number of rotatable bonds is 2. The van der Waals surface area contributed by atoms with Crippen molar-refractivity contribution in [1.29, 1.82) is 0 Å². The number of thiophene rings is 1. The lowest BCUT2D eigenvalue weighted by molar-refractivity contribution is 0.0988. The van der Waals surface area contributed by atoms with Crippen LogP contribution in [0.15, 0.2) is 48.0 Å². The molecule has 0 saturated carbocycles. The van der Waals surface area contributed by atoms with Crippen molar-refractivity contribution in [3.05, 3.63) is 81.5 Å². The number of hydrogen-bond donors (Lipinski definition) is 0. The van der Waals surface area contributed by atoms with Crippen molar-refractivity contribution in [1.82, 2.24) is 4.57 Å². The molecule has 31 heavy (non-hydrogen) atoms. The third-order valence-corrected chi connectivity index (χ3v) is 6.93. The second-order valence-corrected chi connectivity index (χ2v) is 8.87. The Morgan fingerprint density at radius 2 is 1.58 bits per heavy atom. The second kappa shape index (κ2) is 7.01. The van der Waals surface area contributed by atoms with E-state index in [0.717, 1.165) is 21.5 Å². The Labute approximate surface area is 181 Å². The van der Waals surface area contributed by atoms with Gasteiger partial charge in [-0.1, -0.05) is 39.6 Å². The maximum Gasteiger partial charge on any atom is 0.200 e. The van der Waals surface area contributed by atoms with Crippen molar-refractivity contribution < 1.29 is 22.8 Å². The molecule has 0 spiro atoms. The first-order valence-corrected chi connectivity index (χ1v) is 10.6. The zero-order valence-electron chi connectivity index (χ0n) is 16.0. The summed E-state index contributed by atoms with van der Waals surface area (Å²) in [5.74, 6) is -6.18. The summed E-state index contributed by atoms with van der Waals surface area (Å²) in [6.45, 7) is 0. The lowest BCUT2D eigenvalue weighted by Gasteiger charge is -2.05. The molecule has 4 aromatic rings. The SMILES string of the molecule is Cn1c(-c2ccccc2)cc2sc(/C=C3\C(=O)c4c(F)c(F)c(P)c(F)c4C3=O)cc21. The quantitative estimate of drug-likeness (QED) is 0.178. The highest BCUT2D eigenvalue weighted by Gasteiger charge is 2.41. The number of halogens is 3. The van der Waals surface area contributed by atoms with E-state index in [9.17, 15) is 22.8 Å². The van der Waals surface area contributed by atoms with E-state index in [-0.39, 0.29) is 5.57 Å². The van der Waals surface area contributed by atoms with Gasteiger partial charge in [-0.25, -0.2) is 13.2 Å². The van der Waals surface area contributed by atoms with E-state index in [4.69, 9.17) is 0 Å². The van der Waals surface area contributed by atoms with Gasteiger partial charge >= 0.3 is 0 Å². The van der Waals surface area contributed by atoms with Crippen LogP contribution in [-0.2, 0) is 7.05 Å². The van der Waals surface area contributed by atoms with Crippen LogP contribution in [0, 0.1) is 17.5 Å². The van der Waals surface area contributed by atoms with E-state index >= 15 is 0 Å². The number of Topliss-reactive ketones (excluding diaryl/α,β-unsaturated/α-hetero) is 2. The van der Waals surface area contributed by atoms with Gasteiger partial charge in [-0.2, -0.15) is 0 Å². The standard InChI is InChI=1S/C23H13F3NO2PS/c1-27-13(10-5-3-2-4-6-10)9-15-14(27)8-11(31-15)7-12-21(28)16-17(22(12)29)19(25)23(30)20(26)18(16)24/h2-9H,30H2,1H3/b12-7+. The van der Waals surface area contributed by atoms with Gasteiger partial charge in [0.25, 0.3) is 0 Å². The van der Waals surface area contributed by atoms with Crippen LogP contribution >= 0.6 is 20.6 Å². The summed E-state index contributed by atoms with van der Waals surface area (Å²) >= 11 is 1.34. The average Bonchev–Trinajstić information content (AvgIpc) is 3.38. The Kier molecular flexibility index (Phi) is 4.50. The molecule has 3 nitrogen and oxygen atoms in total. The number of hydrogen-bond acceptors (Lipinski definition) is 3. The molecule has 0 aliphatic heterocycles. The van der Waals surface area contributed by atoms with Crippen molar-refractivity contribution >= 4 is 53.7 Å². The average molecular weight is 455 g/mol. The van der Waals surface area contributed by atoms with E-state index in [1.165, 1.54) is 17.4 Å². The Bertz CT molecular complexity index is 1420. The second-order valence-electron chi connectivity index (χ2n) is 7.17. The van der Waals surface area contributed by atoms with Crippen LogP contribution < -0.4 is 5.30 Å². The summed E-state index contributed by atoms with van der Waals surface area (Å²) in [5.41, 5.74) is 1.01. The zero-order valence-corrected chi connectivity index (χ0v) is 18.0. The van der Waals surface area contributed by atoms with Gasteiger partial charge < -0.3 is 4.57 Å². The Morgan fingerprint density at radius 1 is 0.935 bits per heavy atom. The minimum absolute atomic E-state index is 0.377. The summed E-state index contributed by atoms with van der Waals surface area (Å²) in [5, 5.41) is -0.700. The smallest absolute Gasteiger partial charge is 0.200 e. The van der Waals surface area contributed by atoms with E-state index in [1.54, 1.807) is 15.3 Å². The molecule has 0 saturated heterocycles. The molecule has 2 heterocycles. The van der Waals surface area contributed by atoms with Gasteiger partial charge in [-0.05, 0) is 23.8 Å². The van der Waals surface area contributed by atoms with Crippen molar-refractivity contribution in [3.8, 4) is 11.3 Å². The molecule has 1 aliphatic carbocycles. The van der Waals surface area contributed by atoms with Gasteiger partial charge in [0.05, 0.1) is 26.9 Å². The Hall–Kier alpha value is -3.02. The summed E-state index contributed by atoms with van der Waals surface area (Å²) in [6.07, 6.45) is 1.32. The predicted molar refractivity (Wildman–Crippen MR) is 119 cm³/mol. The predicted octanol–water partition coefficient (Wildman–Crippen LogP) is 5.29. The van der Waals surface area contributed by atoms with Crippen LogP contribution in [0.2, 0.25) is 0 Å². The molecule has 1 aliphatic rings. The zero-order chi connectivity index (χ0) is 22.0. The monoisotopic (exact) mass is 455 g/mol. The third-order valence-electron chi connectivity index (χ3n) is 5.40. The number of fused-ring (bicyclic) bond motifs is 2. The van der Waals surface area contributed by atoms with E-state index < -0.39 is 45.4 Å². The Balaban J connectivity index is 1.60. The molecule has 0 amide bonds. The van der Waals surface area contributed by atoms with E-state index in [2.05, 4.69) is 0 Å².